The third-order valence-corrected chi connectivity index (χ3v) is 8.06. The van der Waals surface area contributed by atoms with Crippen LogP contribution < -0.4 is 5.32 Å². The SMILES string of the molecule is Cc1ccc(C23C[C@H]4C[C@@H](CC(C(=O)Nc5cccc(C)c5C)(C4)C2)C3)cc1. The Morgan fingerprint density at radius 2 is 1.61 bits per heavy atom. The van der Waals surface area contributed by atoms with Crippen LogP contribution in [0.3, 0.4) is 0 Å². The number of hydrogen-bond acceptors (Lipinski definition) is 1. The molecule has 1 N–H and O–H groups in total. The van der Waals surface area contributed by atoms with Gasteiger partial charge in [0.1, 0.15) is 0 Å². The predicted molar refractivity (Wildman–Crippen MR) is 115 cm³/mol. The maximum atomic E-state index is 13.6. The van der Waals surface area contributed by atoms with Gasteiger partial charge in [0.05, 0.1) is 5.41 Å². The summed E-state index contributed by atoms with van der Waals surface area (Å²) in [5.74, 6) is 1.67. The van der Waals surface area contributed by atoms with Gasteiger partial charge in [0.25, 0.3) is 0 Å². The average Bonchev–Trinajstić information content (AvgIpc) is 2.65. The summed E-state index contributed by atoms with van der Waals surface area (Å²) in [6.07, 6.45) is 7.04. The van der Waals surface area contributed by atoms with Gasteiger partial charge in [0.2, 0.25) is 5.91 Å². The van der Waals surface area contributed by atoms with Crippen LogP contribution in [0, 0.1) is 38.0 Å². The zero-order valence-electron chi connectivity index (χ0n) is 17.3. The van der Waals surface area contributed by atoms with Gasteiger partial charge in [-0.3, -0.25) is 4.79 Å². The van der Waals surface area contributed by atoms with Gasteiger partial charge in [0, 0.05) is 5.69 Å². The topological polar surface area (TPSA) is 29.1 Å². The number of aryl methyl sites for hydroxylation is 2. The molecule has 0 unspecified atom stereocenters. The molecule has 4 saturated carbocycles. The number of anilines is 1. The second-order valence-corrected chi connectivity index (χ2v) is 10.1. The summed E-state index contributed by atoms with van der Waals surface area (Å²) in [5.41, 5.74) is 6.22. The maximum Gasteiger partial charge on any atom is 0.230 e. The highest BCUT2D eigenvalue weighted by Gasteiger charge is 2.60. The minimum Gasteiger partial charge on any atom is -0.325 e. The molecule has 2 heteroatoms. The van der Waals surface area contributed by atoms with E-state index in [1.807, 2.05) is 6.07 Å². The van der Waals surface area contributed by atoms with Crippen LogP contribution in [-0.2, 0) is 10.2 Å². The number of carbonyl (C=O) groups is 1. The molecule has 2 aromatic carbocycles. The van der Waals surface area contributed by atoms with E-state index in [2.05, 4.69) is 62.5 Å². The normalized spacial score (nSPS) is 33.1. The van der Waals surface area contributed by atoms with Crippen molar-refractivity contribution in [1.82, 2.24) is 0 Å². The molecule has 28 heavy (non-hydrogen) atoms. The molecule has 2 aromatic rings. The molecule has 4 aliphatic rings. The highest BCUT2D eigenvalue weighted by Crippen LogP contribution is 2.66. The van der Waals surface area contributed by atoms with E-state index >= 15 is 0 Å². The lowest BCUT2D eigenvalue weighted by molar-refractivity contribution is -0.143. The Kier molecular flexibility index (Phi) is 3.98. The number of rotatable bonds is 3. The molecule has 4 aliphatic carbocycles. The van der Waals surface area contributed by atoms with E-state index in [0.717, 1.165) is 24.9 Å². The van der Waals surface area contributed by atoms with Crippen LogP contribution in [0.1, 0.15) is 60.8 Å². The predicted octanol–water partition coefficient (Wildman–Crippen LogP) is 6.09. The zero-order chi connectivity index (χ0) is 19.5. The van der Waals surface area contributed by atoms with Gasteiger partial charge in [-0.05, 0) is 99.3 Å². The molecular weight excluding hydrogens is 342 g/mol. The lowest BCUT2D eigenvalue weighted by Crippen LogP contribution is -2.58. The molecule has 2 nitrogen and oxygen atoms in total. The molecule has 0 spiro atoms. The summed E-state index contributed by atoms with van der Waals surface area (Å²) in [6, 6.07) is 15.4. The third kappa shape index (κ3) is 2.72. The smallest absolute Gasteiger partial charge is 0.230 e. The minimum atomic E-state index is -0.189. The first-order chi connectivity index (χ1) is 13.4. The molecule has 0 aliphatic heterocycles. The number of nitrogens with one attached hydrogen (secondary N) is 1. The molecule has 0 radical (unpaired) electrons. The summed E-state index contributed by atoms with van der Waals surface area (Å²) in [7, 11) is 0. The van der Waals surface area contributed by atoms with Crippen molar-refractivity contribution in [2.45, 2.75) is 64.7 Å². The van der Waals surface area contributed by atoms with Gasteiger partial charge in [-0.25, -0.2) is 0 Å². The molecule has 0 aromatic heterocycles. The van der Waals surface area contributed by atoms with Crippen molar-refractivity contribution in [2.24, 2.45) is 17.3 Å². The van der Waals surface area contributed by atoms with E-state index < -0.39 is 0 Å². The van der Waals surface area contributed by atoms with Crippen molar-refractivity contribution in [3.05, 3.63) is 64.7 Å². The summed E-state index contributed by atoms with van der Waals surface area (Å²) in [6.45, 7) is 6.38. The summed E-state index contributed by atoms with van der Waals surface area (Å²) in [5, 5.41) is 3.35. The molecule has 1 amide bonds. The lowest BCUT2D eigenvalue weighted by atomic mass is 9.42. The quantitative estimate of drug-likeness (QED) is 0.693. The first-order valence-electron chi connectivity index (χ1n) is 10.8. The fraction of sp³-hybridized carbons (Fsp3) is 0.500. The molecule has 2 atom stereocenters. The first-order valence-corrected chi connectivity index (χ1v) is 10.8. The van der Waals surface area contributed by atoms with Crippen molar-refractivity contribution in [3.8, 4) is 0 Å². The Hall–Kier alpha value is -2.09. The lowest BCUT2D eigenvalue weighted by Gasteiger charge is -2.61. The third-order valence-electron chi connectivity index (χ3n) is 8.06. The molecular formula is C26H31NO. The highest BCUT2D eigenvalue weighted by atomic mass is 16.2. The van der Waals surface area contributed by atoms with E-state index in [1.54, 1.807) is 0 Å². The molecule has 146 valence electrons. The van der Waals surface area contributed by atoms with Gasteiger partial charge in [0.15, 0.2) is 0 Å². The van der Waals surface area contributed by atoms with Crippen molar-refractivity contribution in [3.63, 3.8) is 0 Å². The van der Waals surface area contributed by atoms with Crippen LogP contribution >= 0.6 is 0 Å². The molecule has 0 heterocycles. The van der Waals surface area contributed by atoms with Crippen molar-refractivity contribution >= 4 is 11.6 Å². The van der Waals surface area contributed by atoms with Crippen LogP contribution in [0.15, 0.2) is 42.5 Å². The summed E-state index contributed by atoms with van der Waals surface area (Å²) in [4.78, 5) is 13.6. The van der Waals surface area contributed by atoms with Gasteiger partial charge in [-0.2, -0.15) is 0 Å². The number of amides is 1. The highest BCUT2D eigenvalue weighted by molar-refractivity contribution is 5.96. The van der Waals surface area contributed by atoms with Crippen molar-refractivity contribution in [2.75, 3.05) is 5.32 Å². The molecule has 0 saturated heterocycles. The standard InChI is InChI=1S/C26H31NO/c1-17-7-9-22(10-8-17)25-12-20-11-21(13-25)15-26(14-20,16-25)24(28)27-23-6-4-5-18(2)19(23)3/h4-10,20-21H,11-16H2,1-3H3,(H,27,28)/t20-,21-,25?,26?/m1/s1. The minimum absolute atomic E-state index is 0.189. The van der Waals surface area contributed by atoms with Crippen molar-refractivity contribution < 1.29 is 4.79 Å². The molecule has 6 rings (SSSR count). The van der Waals surface area contributed by atoms with Gasteiger partial charge < -0.3 is 5.32 Å². The monoisotopic (exact) mass is 373 g/mol. The fourth-order valence-corrected chi connectivity index (χ4v) is 6.91. The van der Waals surface area contributed by atoms with Gasteiger partial charge in [-0.1, -0.05) is 42.0 Å². The Bertz CT molecular complexity index is 912. The Balaban J connectivity index is 1.48. The van der Waals surface area contributed by atoms with E-state index in [4.69, 9.17) is 0 Å². The van der Waals surface area contributed by atoms with E-state index in [-0.39, 0.29) is 16.7 Å². The van der Waals surface area contributed by atoms with Gasteiger partial charge in [-0.15, -0.1) is 0 Å². The number of hydrogen-bond donors (Lipinski definition) is 1. The second-order valence-electron chi connectivity index (χ2n) is 10.1. The molecule has 4 fully saturated rings. The zero-order valence-corrected chi connectivity index (χ0v) is 17.3. The van der Waals surface area contributed by atoms with Crippen LogP contribution in [0.5, 0.6) is 0 Å². The Labute approximate surface area is 168 Å². The fourth-order valence-electron chi connectivity index (χ4n) is 6.91. The summed E-state index contributed by atoms with van der Waals surface area (Å²) >= 11 is 0. The Morgan fingerprint density at radius 1 is 0.929 bits per heavy atom. The first kappa shape index (κ1) is 18.0. The molecule has 4 bridgehead atoms. The van der Waals surface area contributed by atoms with Crippen LogP contribution in [0.4, 0.5) is 5.69 Å². The second kappa shape index (κ2) is 6.20. The average molecular weight is 374 g/mol. The van der Waals surface area contributed by atoms with Crippen LogP contribution in [0.25, 0.3) is 0 Å². The number of benzene rings is 2. The number of carbonyl (C=O) groups excluding carboxylic acids is 1. The van der Waals surface area contributed by atoms with E-state index in [9.17, 15) is 4.79 Å². The van der Waals surface area contributed by atoms with Crippen LogP contribution in [-0.4, -0.2) is 5.91 Å². The largest absolute Gasteiger partial charge is 0.325 e. The maximum absolute atomic E-state index is 13.6. The van der Waals surface area contributed by atoms with E-state index in [1.165, 1.54) is 41.5 Å². The van der Waals surface area contributed by atoms with Gasteiger partial charge >= 0.3 is 0 Å². The summed E-state index contributed by atoms with van der Waals surface area (Å²) < 4.78 is 0. The van der Waals surface area contributed by atoms with Crippen molar-refractivity contribution in [1.29, 1.82) is 0 Å². The van der Waals surface area contributed by atoms with E-state index in [0.29, 0.717) is 11.8 Å². The Morgan fingerprint density at radius 3 is 2.29 bits per heavy atom. The van der Waals surface area contributed by atoms with Crippen LogP contribution in [0.2, 0.25) is 0 Å².